The number of hydrogen-bond acceptors (Lipinski definition) is 9. The normalized spacial score (nSPS) is 15.8. The summed E-state index contributed by atoms with van der Waals surface area (Å²) in [6.45, 7) is 3.73. The number of urea groups is 1. The van der Waals surface area contributed by atoms with Crippen LogP contribution in [-0.4, -0.2) is 50.4 Å². The number of benzene rings is 2. The van der Waals surface area contributed by atoms with Crippen LogP contribution in [0.25, 0.3) is 6.08 Å². The summed E-state index contributed by atoms with van der Waals surface area (Å²) in [5.74, 6) is -0.712. The Balaban J connectivity index is 1.61. The number of barbiturate groups is 1. The molecule has 0 radical (unpaired) electrons. The number of nitrogens with one attached hydrogen (secondary N) is 1. The zero-order valence-corrected chi connectivity index (χ0v) is 19.0. The summed E-state index contributed by atoms with van der Waals surface area (Å²) in [7, 11) is 0. The monoisotopic (exact) mass is 482 g/mol. The minimum atomic E-state index is -0.881. The molecule has 2 aromatic carbocycles. The molecule has 182 valence electrons. The lowest BCUT2D eigenvalue weighted by atomic mass is 10.1. The third kappa shape index (κ3) is 5.03. The van der Waals surface area contributed by atoms with Crippen LogP contribution in [0.3, 0.4) is 0 Å². The van der Waals surface area contributed by atoms with Gasteiger partial charge in [0.15, 0.2) is 29.6 Å². The highest BCUT2D eigenvalue weighted by atomic mass is 16.7. The summed E-state index contributed by atoms with van der Waals surface area (Å²) in [4.78, 5) is 50.6. The standard InChI is InChI=1S/C24H22N2O9/c1-3-31-19-10-14(5-7-17(19)33-12-21(27)32-4-2)9-16-22(28)25-24(30)26(23(16)29)15-6-8-18-20(11-15)35-13-34-18/h5-11H,3-4,12-13H2,1-2H3,(H,25,28,30)/b16-9+. The van der Waals surface area contributed by atoms with Crippen LogP contribution in [0.2, 0.25) is 0 Å². The van der Waals surface area contributed by atoms with Gasteiger partial charge < -0.3 is 23.7 Å². The number of anilines is 1. The maximum Gasteiger partial charge on any atom is 0.344 e. The van der Waals surface area contributed by atoms with Gasteiger partial charge in [0.1, 0.15) is 5.57 Å². The number of esters is 1. The van der Waals surface area contributed by atoms with Crippen LogP contribution in [0.5, 0.6) is 23.0 Å². The Hall–Kier alpha value is -4.54. The van der Waals surface area contributed by atoms with E-state index in [0.717, 1.165) is 4.90 Å². The van der Waals surface area contributed by atoms with Crippen molar-refractivity contribution in [2.45, 2.75) is 13.8 Å². The molecular formula is C24H22N2O9. The molecule has 11 heteroatoms. The topological polar surface area (TPSA) is 130 Å². The number of imide groups is 2. The fraction of sp³-hybridized carbons (Fsp3) is 0.250. The van der Waals surface area contributed by atoms with Crippen molar-refractivity contribution in [2.75, 3.05) is 31.5 Å². The van der Waals surface area contributed by atoms with E-state index in [4.69, 9.17) is 23.7 Å². The number of rotatable bonds is 8. The fourth-order valence-electron chi connectivity index (χ4n) is 3.42. The Labute approximate surface area is 200 Å². The molecule has 0 bridgehead atoms. The van der Waals surface area contributed by atoms with Gasteiger partial charge in [-0.25, -0.2) is 14.5 Å². The second-order valence-electron chi connectivity index (χ2n) is 7.23. The first-order chi connectivity index (χ1) is 16.9. The van der Waals surface area contributed by atoms with Crippen LogP contribution >= 0.6 is 0 Å². The molecule has 0 saturated carbocycles. The van der Waals surface area contributed by atoms with Crippen LogP contribution in [0, 0.1) is 0 Å². The van der Waals surface area contributed by atoms with E-state index in [9.17, 15) is 19.2 Å². The molecule has 2 aliphatic heterocycles. The van der Waals surface area contributed by atoms with E-state index in [1.165, 1.54) is 18.2 Å². The minimum Gasteiger partial charge on any atom is -0.490 e. The number of ether oxygens (including phenoxy) is 5. The Morgan fingerprint density at radius 2 is 1.80 bits per heavy atom. The molecular weight excluding hydrogens is 460 g/mol. The molecule has 0 aromatic heterocycles. The lowest BCUT2D eigenvalue weighted by Crippen LogP contribution is -2.54. The van der Waals surface area contributed by atoms with Crippen molar-refractivity contribution in [3.8, 4) is 23.0 Å². The Bertz CT molecular complexity index is 1220. The second kappa shape index (κ2) is 10.2. The lowest BCUT2D eigenvalue weighted by Gasteiger charge is -2.26. The van der Waals surface area contributed by atoms with Crippen molar-refractivity contribution in [3.63, 3.8) is 0 Å². The molecule has 1 N–H and O–H groups in total. The third-order valence-electron chi connectivity index (χ3n) is 4.95. The summed E-state index contributed by atoms with van der Waals surface area (Å²) >= 11 is 0. The van der Waals surface area contributed by atoms with Crippen molar-refractivity contribution in [3.05, 3.63) is 47.5 Å². The summed E-state index contributed by atoms with van der Waals surface area (Å²) in [5, 5.41) is 2.17. The Morgan fingerprint density at radius 1 is 1.00 bits per heavy atom. The zero-order chi connectivity index (χ0) is 24.9. The predicted octanol–water partition coefficient (Wildman–Crippen LogP) is 2.42. The van der Waals surface area contributed by atoms with Gasteiger partial charge in [0.25, 0.3) is 11.8 Å². The van der Waals surface area contributed by atoms with Gasteiger partial charge in [0.2, 0.25) is 6.79 Å². The molecule has 2 aliphatic rings. The number of carbonyl (C=O) groups is 4. The van der Waals surface area contributed by atoms with E-state index < -0.39 is 23.8 Å². The fourth-order valence-corrected chi connectivity index (χ4v) is 3.42. The van der Waals surface area contributed by atoms with Gasteiger partial charge in [-0.2, -0.15) is 0 Å². The molecule has 11 nitrogen and oxygen atoms in total. The van der Waals surface area contributed by atoms with Crippen molar-refractivity contribution in [2.24, 2.45) is 0 Å². The van der Waals surface area contributed by atoms with Gasteiger partial charge in [0, 0.05) is 6.07 Å². The third-order valence-corrected chi connectivity index (χ3v) is 4.95. The van der Waals surface area contributed by atoms with Crippen molar-refractivity contribution in [1.29, 1.82) is 0 Å². The SMILES string of the molecule is CCOC(=O)COc1ccc(/C=C2\C(=O)NC(=O)N(c3ccc4c(c3)OCO4)C2=O)cc1OCC. The molecule has 0 unspecified atom stereocenters. The maximum atomic E-state index is 13.2. The highest BCUT2D eigenvalue weighted by Crippen LogP contribution is 2.36. The molecule has 2 heterocycles. The molecule has 35 heavy (non-hydrogen) atoms. The molecule has 0 aliphatic carbocycles. The first-order valence-corrected chi connectivity index (χ1v) is 10.8. The molecule has 1 fully saturated rings. The quantitative estimate of drug-likeness (QED) is 0.342. The smallest absolute Gasteiger partial charge is 0.344 e. The summed E-state index contributed by atoms with van der Waals surface area (Å²) in [6, 6.07) is 8.37. The van der Waals surface area contributed by atoms with Crippen LogP contribution in [-0.2, 0) is 19.1 Å². The predicted molar refractivity (Wildman–Crippen MR) is 121 cm³/mol. The van der Waals surface area contributed by atoms with Crippen molar-refractivity contribution >= 4 is 35.6 Å². The number of carbonyl (C=O) groups excluding carboxylic acids is 4. The lowest BCUT2D eigenvalue weighted by molar-refractivity contribution is -0.145. The van der Waals surface area contributed by atoms with Gasteiger partial charge in [-0.3, -0.25) is 14.9 Å². The molecule has 0 spiro atoms. The van der Waals surface area contributed by atoms with E-state index in [1.807, 2.05) is 0 Å². The van der Waals surface area contributed by atoms with Crippen LogP contribution in [0.4, 0.5) is 10.5 Å². The molecule has 4 rings (SSSR count). The van der Waals surface area contributed by atoms with E-state index in [2.05, 4.69) is 5.32 Å². The van der Waals surface area contributed by atoms with Crippen LogP contribution < -0.4 is 29.2 Å². The first-order valence-electron chi connectivity index (χ1n) is 10.8. The Kier molecular flexibility index (Phi) is 6.86. The zero-order valence-electron chi connectivity index (χ0n) is 19.0. The van der Waals surface area contributed by atoms with Crippen molar-refractivity contribution < 1.29 is 42.9 Å². The highest BCUT2D eigenvalue weighted by Gasteiger charge is 2.37. The summed E-state index contributed by atoms with van der Waals surface area (Å²) < 4.78 is 26.5. The highest BCUT2D eigenvalue weighted by molar-refractivity contribution is 6.39. The van der Waals surface area contributed by atoms with Gasteiger partial charge >= 0.3 is 12.0 Å². The summed E-state index contributed by atoms with van der Waals surface area (Å²) in [5.41, 5.74) is 0.396. The maximum absolute atomic E-state index is 13.2. The number of hydrogen-bond donors (Lipinski definition) is 1. The minimum absolute atomic E-state index is 0.0320. The number of fused-ring (bicyclic) bond motifs is 1. The van der Waals surface area contributed by atoms with Gasteiger partial charge in [-0.1, -0.05) is 6.07 Å². The average Bonchev–Trinajstić information content (AvgIpc) is 3.29. The van der Waals surface area contributed by atoms with Gasteiger partial charge in [-0.15, -0.1) is 0 Å². The van der Waals surface area contributed by atoms with E-state index in [1.54, 1.807) is 38.1 Å². The number of amides is 4. The first kappa shape index (κ1) is 23.6. The average molecular weight is 482 g/mol. The second-order valence-corrected chi connectivity index (χ2v) is 7.23. The van der Waals surface area contributed by atoms with Gasteiger partial charge in [-0.05, 0) is 49.8 Å². The summed E-state index contributed by atoms with van der Waals surface area (Å²) in [6.07, 6.45) is 1.34. The van der Waals surface area contributed by atoms with Crippen LogP contribution in [0.15, 0.2) is 42.0 Å². The largest absolute Gasteiger partial charge is 0.490 e. The molecule has 1 saturated heterocycles. The van der Waals surface area contributed by atoms with Gasteiger partial charge in [0.05, 0.1) is 18.9 Å². The van der Waals surface area contributed by atoms with Crippen molar-refractivity contribution in [1.82, 2.24) is 5.32 Å². The molecule has 2 aromatic rings. The van der Waals surface area contributed by atoms with E-state index in [0.29, 0.717) is 35.2 Å². The Morgan fingerprint density at radius 3 is 2.57 bits per heavy atom. The van der Waals surface area contributed by atoms with E-state index in [-0.39, 0.29) is 31.3 Å². The number of nitrogens with zero attached hydrogens (tertiary/aromatic N) is 1. The molecule has 0 atom stereocenters. The molecule has 4 amide bonds. The van der Waals surface area contributed by atoms with E-state index >= 15 is 0 Å². The van der Waals surface area contributed by atoms with Crippen LogP contribution in [0.1, 0.15) is 19.4 Å².